The Morgan fingerprint density at radius 3 is 2.46 bits per heavy atom. The Balaban J connectivity index is 1.79. The van der Waals surface area contributed by atoms with Gasteiger partial charge in [-0.25, -0.2) is 8.42 Å². The smallest absolute Gasteiger partial charge is 0.178 e. The topological polar surface area (TPSA) is 58.2 Å². The maximum atomic E-state index is 12.2. The minimum absolute atomic E-state index is 0.0672. The monoisotopic (exact) mass is 382 g/mol. The molecule has 4 nitrogen and oxygen atoms in total. The lowest BCUT2D eigenvalue weighted by atomic mass is 10.2. The summed E-state index contributed by atoms with van der Waals surface area (Å²) in [6, 6.07) is 14.1. The summed E-state index contributed by atoms with van der Waals surface area (Å²) in [7, 11) is -3.27. The highest BCUT2D eigenvalue weighted by Crippen LogP contribution is 2.20. The Bertz CT molecular complexity index is 806. The van der Waals surface area contributed by atoms with Crippen LogP contribution in [-0.4, -0.2) is 25.8 Å². The maximum absolute atomic E-state index is 12.2. The van der Waals surface area contributed by atoms with E-state index in [-0.39, 0.29) is 5.75 Å². The third kappa shape index (κ3) is 5.47. The molecule has 2 aromatic rings. The predicted molar refractivity (Wildman–Crippen MR) is 104 cm³/mol. The van der Waals surface area contributed by atoms with Gasteiger partial charge in [0.2, 0.25) is 0 Å². The molecule has 0 heterocycles. The number of hydrogen-bond acceptors (Lipinski definition) is 3. The molecule has 128 valence electrons. The average Bonchev–Trinajstić information content (AvgIpc) is 2.54. The first-order chi connectivity index (χ1) is 11.4. The number of aryl methyl sites for hydroxylation is 1. The van der Waals surface area contributed by atoms with Crippen molar-refractivity contribution in [1.29, 1.82) is 0 Å². The number of thiocarbonyl (C=S) groups is 1. The summed E-state index contributed by atoms with van der Waals surface area (Å²) in [5.41, 5.74) is 1.75. The summed E-state index contributed by atoms with van der Waals surface area (Å²) < 4.78 is 24.5. The van der Waals surface area contributed by atoms with E-state index in [0.29, 0.717) is 33.7 Å². The maximum Gasteiger partial charge on any atom is 0.178 e. The second-order valence-electron chi connectivity index (χ2n) is 5.35. The van der Waals surface area contributed by atoms with Gasteiger partial charge in [-0.15, -0.1) is 0 Å². The van der Waals surface area contributed by atoms with Gasteiger partial charge in [-0.05, 0) is 49.8 Å². The Hall–Kier alpha value is -1.63. The Morgan fingerprint density at radius 1 is 1.12 bits per heavy atom. The Labute approximate surface area is 153 Å². The molecular formula is C17H19ClN2O2S2. The van der Waals surface area contributed by atoms with Gasteiger partial charge in [0.05, 0.1) is 21.4 Å². The summed E-state index contributed by atoms with van der Waals surface area (Å²) >= 11 is 11.2. The molecule has 0 saturated carbocycles. The van der Waals surface area contributed by atoms with Gasteiger partial charge in [0.25, 0.3) is 0 Å². The van der Waals surface area contributed by atoms with Crippen molar-refractivity contribution < 1.29 is 8.42 Å². The van der Waals surface area contributed by atoms with Crippen molar-refractivity contribution in [3.63, 3.8) is 0 Å². The highest BCUT2D eigenvalue weighted by molar-refractivity contribution is 7.91. The van der Waals surface area contributed by atoms with Crippen LogP contribution < -0.4 is 10.6 Å². The lowest BCUT2D eigenvalue weighted by Gasteiger charge is -2.11. The zero-order chi connectivity index (χ0) is 17.6. The molecule has 2 N–H and O–H groups in total. The fourth-order valence-electron chi connectivity index (χ4n) is 2.06. The van der Waals surface area contributed by atoms with Crippen LogP contribution in [0, 0.1) is 6.92 Å². The fourth-order valence-corrected chi connectivity index (χ4v) is 3.76. The van der Waals surface area contributed by atoms with Crippen molar-refractivity contribution in [2.45, 2.75) is 18.2 Å². The molecule has 24 heavy (non-hydrogen) atoms. The van der Waals surface area contributed by atoms with E-state index in [9.17, 15) is 8.42 Å². The van der Waals surface area contributed by atoms with Gasteiger partial charge < -0.3 is 10.6 Å². The van der Waals surface area contributed by atoms with Gasteiger partial charge in [0, 0.05) is 6.54 Å². The molecule has 0 unspecified atom stereocenters. The highest BCUT2D eigenvalue weighted by Gasteiger charge is 2.13. The largest absolute Gasteiger partial charge is 0.362 e. The van der Waals surface area contributed by atoms with Crippen LogP contribution in [0.15, 0.2) is 53.4 Å². The molecule has 0 aromatic heterocycles. The quantitative estimate of drug-likeness (QED) is 0.587. The number of nitrogens with one attached hydrogen (secondary N) is 2. The van der Waals surface area contributed by atoms with Crippen LogP contribution in [0.2, 0.25) is 5.02 Å². The van der Waals surface area contributed by atoms with Gasteiger partial charge in [0.1, 0.15) is 0 Å². The summed E-state index contributed by atoms with van der Waals surface area (Å²) in [5, 5.41) is 6.96. The lowest BCUT2D eigenvalue weighted by molar-refractivity contribution is 0.593. The second-order valence-corrected chi connectivity index (χ2v) is 8.27. The summed E-state index contributed by atoms with van der Waals surface area (Å²) in [5.74, 6) is 0.0672. The van der Waals surface area contributed by atoms with E-state index < -0.39 is 9.84 Å². The number of sulfone groups is 1. The third-order valence-electron chi connectivity index (χ3n) is 3.38. The van der Waals surface area contributed by atoms with Crippen LogP contribution in [0.5, 0.6) is 0 Å². The minimum Gasteiger partial charge on any atom is -0.362 e. The number of halogens is 1. The molecule has 0 aliphatic carbocycles. The van der Waals surface area contributed by atoms with Gasteiger partial charge in [-0.3, -0.25) is 0 Å². The number of para-hydroxylation sites is 1. The molecule has 0 saturated heterocycles. The van der Waals surface area contributed by atoms with Crippen molar-refractivity contribution in [2.24, 2.45) is 0 Å². The van der Waals surface area contributed by atoms with Gasteiger partial charge in [-0.2, -0.15) is 0 Å². The average molecular weight is 383 g/mol. The van der Waals surface area contributed by atoms with Crippen LogP contribution in [0.3, 0.4) is 0 Å². The van der Waals surface area contributed by atoms with Crippen molar-refractivity contribution in [3.8, 4) is 0 Å². The zero-order valence-corrected chi connectivity index (χ0v) is 15.6. The fraction of sp³-hybridized carbons (Fsp3) is 0.235. The van der Waals surface area contributed by atoms with Gasteiger partial charge >= 0.3 is 0 Å². The predicted octanol–water partition coefficient (Wildman–Crippen LogP) is 3.80. The standard InChI is InChI=1S/C17H19ClN2O2S2/c1-13-7-9-14(10-8-13)24(21,22)12-4-11-19-17(23)20-16-6-3-2-5-15(16)18/h2-3,5-10H,4,11-12H2,1H3,(H2,19,20,23). The number of hydrogen-bond donors (Lipinski definition) is 2. The van der Waals surface area contributed by atoms with E-state index >= 15 is 0 Å². The lowest BCUT2D eigenvalue weighted by Crippen LogP contribution is -2.30. The van der Waals surface area contributed by atoms with Crippen molar-refractivity contribution >= 4 is 44.5 Å². The van der Waals surface area contributed by atoms with E-state index in [2.05, 4.69) is 10.6 Å². The van der Waals surface area contributed by atoms with Crippen LogP contribution >= 0.6 is 23.8 Å². The first-order valence-electron chi connectivity index (χ1n) is 7.47. The molecule has 0 aliphatic rings. The molecule has 0 bridgehead atoms. The first kappa shape index (κ1) is 18.7. The molecule has 0 amide bonds. The molecule has 0 fully saturated rings. The first-order valence-corrected chi connectivity index (χ1v) is 9.91. The Kier molecular flexibility index (Phi) is 6.60. The molecule has 7 heteroatoms. The van der Waals surface area contributed by atoms with Gasteiger partial charge in [-0.1, -0.05) is 41.4 Å². The van der Waals surface area contributed by atoms with Crippen LogP contribution in [0.1, 0.15) is 12.0 Å². The molecule has 0 aliphatic heterocycles. The zero-order valence-electron chi connectivity index (χ0n) is 13.3. The Morgan fingerprint density at radius 2 is 1.79 bits per heavy atom. The van der Waals surface area contributed by atoms with Crippen molar-refractivity contribution in [1.82, 2.24) is 5.32 Å². The van der Waals surface area contributed by atoms with E-state index in [1.807, 2.05) is 25.1 Å². The SMILES string of the molecule is Cc1ccc(S(=O)(=O)CCCNC(=S)Nc2ccccc2Cl)cc1. The second kappa shape index (κ2) is 8.46. The molecule has 2 rings (SSSR count). The highest BCUT2D eigenvalue weighted by atomic mass is 35.5. The molecule has 2 aromatic carbocycles. The summed E-state index contributed by atoms with van der Waals surface area (Å²) in [6.45, 7) is 2.38. The molecular weight excluding hydrogens is 364 g/mol. The number of anilines is 1. The van der Waals surface area contributed by atoms with Crippen LogP contribution in [-0.2, 0) is 9.84 Å². The summed E-state index contributed by atoms with van der Waals surface area (Å²) in [6.07, 6.45) is 0.459. The van der Waals surface area contributed by atoms with Crippen LogP contribution in [0.4, 0.5) is 5.69 Å². The van der Waals surface area contributed by atoms with Crippen LogP contribution in [0.25, 0.3) is 0 Å². The molecule has 0 spiro atoms. The number of rotatable bonds is 6. The van der Waals surface area contributed by atoms with Crippen molar-refractivity contribution in [3.05, 3.63) is 59.1 Å². The van der Waals surface area contributed by atoms with E-state index in [1.165, 1.54) is 0 Å². The van der Waals surface area contributed by atoms with E-state index in [0.717, 1.165) is 5.56 Å². The van der Waals surface area contributed by atoms with E-state index in [1.54, 1.807) is 30.3 Å². The summed E-state index contributed by atoms with van der Waals surface area (Å²) in [4.78, 5) is 0.352. The molecule has 0 radical (unpaired) electrons. The third-order valence-corrected chi connectivity index (χ3v) is 5.77. The van der Waals surface area contributed by atoms with E-state index in [4.69, 9.17) is 23.8 Å². The van der Waals surface area contributed by atoms with Gasteiger partial charge in [0.15, 0.2) is 14.9 Å². The normalized spacial score (nSPS) is 11.1. The molecule has 0 atom stereocenters. The minimum atomic E-state index is -3.27. The van der Waals surface area contributed by atoms with Crippen molar-refractivity contribution in [2.75, 3.05) is 17.6 Å². The number of benzene rings is 2.